The van der Waals surface area contributed by atoms with Crippen molar-refractivity contribution < 1.29 is 9.18 Å². The molecule has 1 aromatic heterocycles. The zero-order chi connectivity index (χ0) is 21.6. The molecular formula is C26H24FN3O. The van der Waals surface area contributed by atoms with Gasteiger partial charge in [0.1, 0.15) is 11.6 Å². The molecule has 4 aromatic rings. The Labute approximate surface area is 181 Å². The first-order valence-corrected chi connectivity index (χ1v) is 10.4. The lowest BCUT2D eigenvalue weighted by molar-refractivity contribution is -0.122. The van der Waals surface area contributed by atoms with Crippen molar-refractivity contribution in [3.63, 3.8) is 0 Å². The van der Waals surface area contributed by atoms with Crippen LogP contribution in [0.5, 0.6) is 0 Å². The van der Waals surface area contributed by atoms with Crippen LogP contribution in [0.4, 0.5) is 4.39 Å². The lowest BCUT2D eigenvalue weighted by Crippen LogP contribution is -2.28. The second-order valence-corrected chi connectivity index (χ2v) is 7.44. The molecule has 0 aliphatic heterocycles. The van der Waals surface area contributed by atoms with Gasteiger partial charge in [0, 0.05) is 12.1 Å². The summed E-state index contributed by atoms with van der Waals surface area (Å²) in [4.78, 5) is 20.5. The quantitative estimate of drug-likeness (QED) is 0.409. The normalized spacial score (nSPS) is 11.8. The van der Waals surface area contributed by atoms with Crippen LogP contribution in [0.25, 0.3) is 22.6 Å². The van der Waals surface area contributed by atoms with Gasteiger partial charge in [-0.1, -0.05) is 55.5 Å². The molecule has 0 spiro atoms. The number of halogens is 1. The van der Waals surface area contributed by atoms with Crippen molar-refractivity contribution in [2.45, 2.75) is 25.8 Å². The summed E-state index contributed by atoms with van der Waals surface area (Å²) in [6.07, 6.45) is 2.48. The Balaban J connectivity index is 1.45. The highest BCUT2D eigenvalue weighted by Gasteiger charge is 2.18. The maximum atomic E-state index is 13.2. The van der Waals surface area contributed by atoms with E-state index in [-0.39, 0.29) is 17.6 Å². The Morgan fingerprint density at radius 2 is 1.77 bits per heavy atom. The van der Waals surface area contributed by atoms with E-state index in [1.807, 2.05) is 61.5 Å². The number of rotatable bonds is 7. The van der Waals surface area contributed by atoms with Crippen LogP contribution >= 0.6 is 0 Å². The number of imidazole rings is 1. The van der Waals surface area contributed by atoms with Crippen molar-refractivity contribution in [2.75, 3.05) is 0 Å². The van der Waals surface area contributed by atoms with Crippen LogP contribution in [0.1, 0.15) is 30.4 Å². The molecule has 0 radical (unpaired) electrons. The lowest BCUT2D eigenvalue weighted by atomic mass is 9.95. The van der Waals surface area contributed by atoms with Crippen molar-refractivity contribution in [2.24, 2.45) is 0 Å². The molecule has 1 heterocycles. The van der Waals surface area contributed by atoms with Crippen LogP contribution in [0.2, 0.25) is 0 Å². The summed E-state index contributed by atoms with van der Waals surface area (Å²) in [5, 5.41) is 3.06. The molecular weight excluding hydrogens is 389 g/mol. The molecule has 1 atom stereocenters. The van der Waals surface area contributed by atoms with Crippen LogP contribution in [0.15, 0.2) is 85.1 Å². The molecule has 0 aliphatic carbocycles. The third kappa shape index (κ3) is 4.89. The van der Waals surface area contributed by atoms with Gasteiger partial charge in [0.05, 0.1) is 17.8 Å². The fourth-order valence-electron chi connectivity index (χ4n) is 3.64. The molecule has 3 aromatic carbocycles. The summed E-state index contributed by atoms with van der Waals surface area (Å²) >= 11 is 0. The Bertz CT molecular complexity index is 1150. The van der Waals surface area contributed by atoms with Crippen LogP contribution in [0.3, 0.4) is 0 Å². The molecule has 156 valence electrons. The predicted molar refractivity (Wildman–Crippen MR) is 121 cm³/mol. The molecule has 5 heteroatoms. The predicted octanol–water partition coefficient (Wildman–Crippen LogP) is 5.69. The minimum Gasteiger partial charge on any atom is -0.351 e. The minimum atomic E-state index is -0.268. The Morgan fingerprint density at radius 1 is 1.00 bits per heavy atom. The van der Waals surface area contributed by atoms with Crippen molar-refractivity contribution in [3.8, 4) is 22.6 Å². The summed E-state index contributed by atoms with van der Waals surface area (Å²) in [5.74, 6) is 0.322. The van der Waals surface area contributed by atoms with Crippen molar-refractivity contribution in [3.05, 3.63) is 102 Å². The molecule has 0 aliphatic rings. The van der Waals surface area contributed by atoms with Crippen molar-refractivity contribution in [1.29, 1.82) is 0 Å². The highest BCUT2D eigenvalue weighted by Crippen LogP contribution is 2.23. The number of nitrogens with zero attached hydrogens (tertiary/aromatic N) is 1. The SMILES string of the molecule is CCC(C(=O)NCc1cccc(-c2ncc(-c3ccc(F)cc3)[nH]2)c1)c1ccccc1. The van der Waals surface area contributed by atoms with Crippen molar-refractivity contribution in [1.82, 2.24) is 15.3 Å². The zero-order valence-corrected chi connectivity index (χ0v) is 17.3. The second-order valence-electron chi connectivity index (χ2n) is 7.44. The Kier molecular flexibility index (Phi) is 6.22. The van der Waals surface area contributed by atoms with Crippen molar-refractivity contribution >= 4 is 5.91 Å². The third-order valence-electron chi connectivity index (χ3n) is 5.32. The summed E-state index contributed by atoms with van der Waals surface area (Å²) in [7, 11) is 0. The van der Waals surface area contributed by atoms with Gasteiger partial charge in [-0.05, 0) is 53.4 Å². The van der Waals surface area contributed by atoms with Crippen LogP contribution in [-0.4, -0.2) is 15.9 Å². The number of aromatic nitrogens is 2. The van der Waals surface area contributed by atoms with Gasteiger partial charge in [0.25, 0.3) is 0 Å². The molecule has 31 heavy (non-hydrogen) atoms. The van der Waals surface area contributed by atoms with E-state index < -0.39 is 0 Å². The summed E-state index contributed by atoms with van der Waals surface area (Å²) in [5.41, 5.74) is 4.64. The molecule has 0 saturated carbocycles. The zero-order valence-electron chi connectivity index (χ0n) is 17.3. The largest absolute Gasteiger partial charge is 0.351 e. The van der Waals surface area contributed by atoms with E-state index in [0.717, 1.165) is 40.2 Å². The van der Waals surface area contributed by atoms with Gasteiger partial charge in [-0.15, -0.1) is 0 Å². The molecule has 0 saturated heterocycles. The highest BCUT2D eigenvalue weighted by atomic mass is 19.1. The topological polar surface area (TPSA) is 57.8 Å². The van der Waals surface area contributed by atoms with Gasteiger partial charge in [0.2, 0.25) is 5.91 Å². The van der Waals surface area contributed by atoms with Crippen LogP contribution in [-0.2, 0) is 11.3 Å². The molecule has 0 bridgehead atoms. The van der Waals surface area contributed by atoms with E-state index >= 15 is 0 Å². The number of nitrogens with one attached hydrogen (secondary N) is 2. The number of hydrogen-bond donors (Lipinski definition) is 2. The average Bonchev–Trinajstić information content (AvgIpc) is 3.30. The molecule has 1 amide bonds. The average molecular weight is 413 g/mol. The van der Waals surface area contributed by atoms with Gasteiger partial charge in [-0.3, -0.25) is 4.79 Å². The standard InChI is InChI=1S/C26H24FN3O/c1-2-23(19-8-4-3-5-9-19)26(31)29-16-18-7-6-10-21(15-18)25-28-17-24(30-25)20-11-13-22(27)14-12-20/h3-15,17,23H,2,16H2,1H3,(H,28,30)(H,29,31). The number of H-pyrrole nitrogens is 1. The van der Waals surface area contributed by atoms with Crippen LogP contribution in [0, 0.1) is 5.82 Å². The fraction of sp³-hybridized carbons (Fsp3) is 0.154. The van der Waals surface area contributed by atoms with E-state index in [9.17, 15) is 9.18 Å². The molecule has 4 rings (SSSR count). The Hall–Kier alpha value is -3.73. The second kappa shape index (κ2) is 9.39. The van der Waals surface area contributed by atoms with E-state index in [2.05, 4.69) is 15.3 Å². The molecule has 0 fully saturated rings. The summed E-state index contributed by atoms with van der Waals surface area (Å²) < 4.78 is 13.2. The summed E-state index contributed by atoms with van der Waals surface area (Å²) in [6, 6.07) is 24.1. The van der Waals surface area contributed by atoms with Crippen LogP contribution < -0.4 is 5.32 Å². The molecule has 2 N–H and O–H groups in total. The maximum absolute atomic E-state index is 13.2. The maximum Gasteiger partial charge on any atom is 0.227 e. The molecule has 4 nitrogen and oxygen atoms in total. The van der Waals surface area contributed by atoms with E-state index in [0.29, 0.717) is 6.54 Å². The van der Waals surface area contributed by atoms with Gasteiger partial charge >= 0.3 is 0 Å². The van der Waals surface area contributed by atoms with Gasteiger partial charge in [-0.2, -0.15) is 0 Å². The fourth-order valence-corrected chi connectivity index (χ4v) is 3.64. The number of carbonyl (C=O) groups is 1. The monoisotopic (exact) mass is 413 g/mol. The van der Waals surface area contributed by atoms with E-state index in [1.54, 1.807) is 18.3 Å². The first-order valence-electron chi connectivity index (χ1n) is 10.4. The number of carbonyl (C=O) groups excluding carboxylic acids is 1. The number of benzene rings is 3. The summed E-state index contributed by atoms with van der Waals surface area (Å²) in [6.45, 7) is 2.47. The highest BCUT2D eigenvalue weighted by molar-refractivity contribution is 5.83. The Morgan fingerprint density at radius 3 is 2.52 bits per heavy atom. The van der Waals surface area contributed by atoms with Gasteiger partial charge in [-0.25, -0.2) is 9.37 Å². The van der Waals surface area contributed by atoms with Gasteiger partial charge < -0.3 is 10.3 Å². The minimum absolute atomic E-state index is 0.0238. The smallest absolute Gasteiger partial charge is 0.227 e. The molecule has 1 unspecified atom stereocenters. The number of aromatic amines is 1. The number of amides is 1. The number of hydrogen-bond acceptors (Lipinski definition) is 2. The third-order valence-corrected chi connectivity index (χ3v) is 5.32. The lowest BCUT2D eigenvalue weighted by Gasteiger charge is -2.15. The first kappa shape index (κ1) is 20.5. The van der Waals surface area contributed by atoms with Gasteiger partial charge in [0.15, 0.2) is 0 Å². The van der Waals surface area contributed by atoms with E-state index in [1.165, 1.54) is 12.1 Å². The van der Waals surface area contributed by atoms with E-state index in [4.69, 9.17) is 0 Å². The first-order chi connectivity index (χ1) is 15.1.